The molecule has 4 rings (SSSR count). The smallest absolute Gasteiger partial charge is 0.00131 e. The molecule has 3 aromatic carbocycles. The maximum absolute atomic E-state index is 2.35. The van der Waals surface area contributed by atoms with Crippen molar-refractivity contribution in [2.24, 2.45) is 0 Å². The summed E-state index contributed by atoms with van der Waals surface area (Å²) < 4.78 is 0. The van der Waals surface area contributed by atoms with Crippen LogP contribution in [0, 0.1) is 6.92 Å². The van der Waals surface area contributed by atoms with Gasteiger partial charge in [-0.25, -0.2) is 0 Å². The van der Waals surface area contributed by atoms with Crippen LogP contribution >= 0.6 is 0 Å². The average molecular weight is 230 g/mol. The summed E-state index contributed by atoms with van der Waals surface area (Å²) in [6, 6.07) is 20.1. The van der Waals surface area contributed by atoms with Crippen molar-refractivity contribution in [3.8, 4) is 11.1 Å². The number of rotatable bonds is 0. The molecule has 0 unspecified atom stereocenters. The minimum Gasteiger partial charge on any atom is -0.0616 e. The maximum atomic E-state index is 2.35. The molecule has 0 amide bonds. The van der Waals surface area contributed by atoms with E-state index >= 15 is 0 Å². The van der Waals surface area contributed by atoms with Gasteiger partial charge in [-0.2, -0.15) is 0 Å². The van der Waals surface area contributed by atoms with Crippen LogP contribution < -0.4 is 0 Å². The zero-order chi connectivity index (χ0) is 12.1. The molecule has 0 radical (unpaired) electrons. The second-order valence-electron chi connectivity index (χ2n) is 5.19. The topological polar surface area (TPSA) is 0 Å². The fourth-order valence-electron chi connectivity index (χ4n) is 3.02. The summed E-state index contributed by atoms with van der Waals surface area (Å²) in [6.45, 7) is 2.17. The number of benzene rings is 3. The SMILES string of the molecule is Cc1ccc2c(c1)Cc1cc3ccccc3cc1-2. The lowest BCUT2D eigenvalue weighted by atomic mass is 10.0. The molecule has 0 N–H and O–H groups in total. The highest BCUT2D eigenvalue weighted by Crippen LogP contribution is 2.39. The first-order valence-electron chi connectivity index (χ1n) is 6.43. The van der Waals surface area contributed by atoms with Crippen LogP contribution in [0.3, 0.4) is 0 Å². The third-order valence-electron chi connectivity index (χ3n) is 3.90. The Labute approximate surface area is 107 Å². The lowest BCUT2D eigenvalue weighted by Crippen LogP contribution is -1.81. The fraction of sp³-hybridized carbons (Fsp3) is 0.111. The van der Waals surface area contributed by atoms with Gasteiger partial charge in [-0.3, -0.25) is 0 Å². The molecule has 0 saturated heterocycles. The molecule has 1 aliphatic carbocycles. The standard InChI is InChI=1S/C18H14/c1-12-6-7-17-15(8-12)10-16-9-13-4-2-3-5-14(13)11-18(16)17/h2-9,11H,10H2,1H3. The van der Waals surface area contributed by atoms with Crippen molar-refractivity contribution in [3.05, 3.63) is 71.3 Å². The molecule has 0 aliphatic heterocycles. The molecule has 86 valence electrons. The predicted octanol–water partition coefficient (Wildman–Crippen LogP) is 4.72. The van der Waals surface area contributed by atoms with E-state index in [2.05, 4.69) is 61.5 Å². The first kappa shape index (κ1) is 9.90. The molecule has 0 heterocycles. The highest BCUT2D eigenvalue weighted by Gasteiger charge is 2.18. The van der Waals surface area contributed by atoms with Crippen molar-refractivity contribution < 1.29 is 0 Å². The molecule has 1 aliphatic rings. The van der Waals surface area contributed by atoms with Gasteiger partial charge in [0.15, 0.2) is 0 Å². The van der Waals surface area contributed by atoms with Gasteiger partial charge < -0.3 is 0 Å². The van der Waals surface area contributed by atoms with Gasteiger partial charge in [-0.05, 0) is 52.4 Å². The third kappa shape index (κ3) is 1.32. The van der Waals surface area contributed by atoms with E-state index in [1.807, 2.05) is 0 Å². The Morgan fingerprint density at radius 2 is 1.44 bits per heavy atom. The van der Waals surface area contributed by atoms with Gasteiger partial charge in [0.25, 0.3) is 0 Å². The van der Waals surface area contributed by atoms with Crippen LogP contribution in [0.4, 0.5) is 0 Å². The largest absolute Gasteiger partial charge is 0.0616 e. The van der Waals surface area contributed by atoms with E-state index in [9.17, 15) is 0 Å². The Balaban J connectivity index is 2.03. The Morgan fingerprint density at radius 3 is 2.28 bits per heavy atom. The van der Waals surface area contributed by atoms with Crippen molar-refractivity contribution in [2.75, 3.05) is 0 Å². The van der Waals surface area contributed by atoms with Crippen molar-refractivity contribution in [3.63, 3.8) is 0 Å². The summed E-state index contributed by atoms with van der Waals surface area (Å²) in [5.41, 5.74) is 7.13. The van der Waals surface area contributed by atoms with Crippen molar-refractivity contribution >= 4 is 10.8 Å². The Morgan fingerprint density at radius 1 is 0.722 bits per heavy atom. The molecule has 0 bridgehead atoms. The molecule has 0 nitrogen and oxygen atoms in total. The molecule has 0 spiro atoms. The zero-order valence-electron chi connectivity index (χ0n) is 10.4. The first-order chi connectivity index (χ1) is 8.81. The van der Waals surface area contributed by atoms with E-state index in [4.69, 9.17) is 0 Å². The number of fused-ring (bicyclic) bond motifs is 4. The van der Waals surface area contributed by atoms with E-state index in [1.165, 1.54) is 38.6 Å². The van der Waals surface area contributed by atoms with Crippen LogP contribution in [0.2, 0.25) is 0 Å². The summed E-state index contributed by atoms with van der Waals surface area (Å²) in [5.74, 6) is 0. The fourth-order valence-corrected chi connectivity index (χ4v) is 3.02. The second-order valence-corrected chi connectivity index (χ2v) is 5.19. The van der Waals surface area contributed by atoms with Crippen LogP contribution in [0.15, 0.2) is 54.6 Å². The van der Waals surface area contributed by atoms with Gasteiger partial charge in [0.1, 0.15) is 0 Å². The number of hydrogen-bond acceptors (Lipinski definition) is 0. The Bertz CT molecular complexity index is 766. The van der Waals surface area contributed by atoms with Crippen molar-refractivity contribution in [2.45, 2.75) is 13.3 Å². The molecular formula is C18H14. The maximum Gasteiger partial charge on any atom is -0.00131 e. The minimum absolute atomic E-state index is 1.08. The summed E-state index contributed by atoms with van der Waals surface area (Å²) in [7, 11) is 0. The van der Waals surface area contributed by atoms with Crippen molar-refractivity contribution in [1.82, 2.24) is 0 Å². The van der Waals surface area contributed by atoms with Gasteiger partial charge in [-0.1, -0.05) is 54.1 Å². The minimum atomic E-state index is 1.08. The highest BCUT2D eigenvalue weighted by atomic mass is 14.2. The Kier molecular flexibility index (Phi) is 1.90. The van der Waals surface area contributed by atoms with E-state index in [-0.39, 0.29) is 0 Å². The van der Waals surface area contributed by atoms with Gasteiger partial charge in [0, 0.05) is 0 Å². The molecule has 3 aromatic rings. The van der Waals surface area contributed by atoms with Crippen LogP contribution in [-0.2, 0) is 6.42 Å². The van der Waals surface area contributed by atoms with E-state index in [0.717, 1.165) is 6.42 Å². The lowest BCUT2D eigenvalue weighted by Gasteiger charge is -2.04. The molecule has 0 saturated carbocycles. The number of hydrogen-bond donors (Lipinski definition) is 0. The molecular weight excluding hydrogens is 216 g/mol. The summed E-state index contributed by atoms with van der Waals surface area (Å²) in [6.07, 6.45) is 1.08. The van der Waals surface area contributed by atoms with Gasteiger partial charge >= 0.3 is 0 Å². The highest BCUT2D eigenvalue weighted by molar-refractivity contribution is 5.91. The quantitative estimate of drug-likeness (QED) is 0.410. The van der Waals surface area contributed by atoms with Gasteiger partial charge in [0.05, 0.1) is 0 Å². The molecule has 0 aromatic heterocycles. The summed E-state index contributed by atoms with van der Waals surface area (Å²) >= 11 is 0. The monoisotopic (exact) mass is 230 g/mol. The van der Waals surface area contributed by atoms with Gasteiger partial charge in [-0.15, -0.1) is 0 Å². The van der Waals surface area contributed by atoms with E-state index < -0.39 is 0 Å². The Hall–Kier alpha value is -2.08. The molecule has 18 heavy (non-hydrogen) atoms. The molecule has 0 atom stereocenters. The first-order valence-corrected chi connectivity index (χ1v) is 6.43. The normalized spacial score (nSPS) is 12.5. The van der Waals surface area contributed by atoms with E-state index in [1.54, 1.807) is 0 Å². The summed E-state index contributed by atoms with van der Waals surface area (Å²) in [5, 5.41) is 2.69. The van der Waals surface area contributed by atoms with Crippen LogP contribution in [0.5, 0.6) is 0 Å². The van der Waals surface area contributed by atoms with Crippen LogP contribution in [0.1, 0.15) is 16.7 Å². The van der Waals surface area contributed by atoms with Gasteiger partial charge in [0.2, 0.25) is 0 Å². The number of aryl methyl sites for hydroxylation is 1. The third-order valence-corrected chi connectivity index (χ3v) is 3.90. The summed E-state index contributed by atoms with van der Waals surface area (Å²) in [4.78, 5) is 0. The van der Waals surface area contributed by atoms with Crippen LogP contribution in [-0.4, -0.2) is 0 Å². The molecule has 0 fully saturated rings. The average Bonchev–Trinajstić information content (AvgIpc) is 2.72. The van der Waals surface area contributed by atoms with E-state index in [0.29, 0.717) is 0 Å². The molecule has 0 heteroatoms. The zero-order valence-corrected chi connectivity index (χ0v) is 10.4. The van der Waals surface area contributed by atoms with Crippen molar-refractivity contribution in [1.29, 1.82) is 0 Å². The predicted molar refractivity (Wildman–Crippen MR) is 76.9 cm³/mol. The van der Waals surface area contributed by atoms with Crippen LogP contribution in [0.25, 0.3) is 21.9 Å². The lowest BCUT2D eigenvalue weighted by molar-refractivity contribution is 1.25. The second kappa shape index (κ2) is 3.46.